The topological polar surface area (TPSA) is 46.3 Å². The molecule has 1 saturated heterocycles. The quantitative estimate of drug-likeness (QED) is 0.812. The molecule has 16 heavy (non-hydrogen) atoms. The highest BCUT2D eigenvalue weighted by molar-refractivity contribution is 5.94. The summed E-state index contributed by atoms with van der Waals surface area (Å²) < 4.78 is 13.3. The molecule has 0 radical (unpaired) electrons. The molecule has 2 rings (SSSR count). The number of likely N-dealkylation sites (tertiary alicyclic amines) is 1. The van der Waals surface area contributed by atoms with Crippen LogP contribution in [0.2, 0.25) is 0 Å². The van der Waals surface area contributed by atoms with Gasteiger partial charge in [-0.1, -0.05) is 12.1 Å². The minimum Gasteiger partial charge on any atom is -0.337 e. The third kappa shape index (κ3) is 2.51. The third-order valence-corrected chi connectivity index (χ3v) is 2.62. The lowest BCUT2D eigenvalue weighted by atomic mass is 10.2. The Labute approximate surface area is 99.8 Å². The standard InChI is InChI=1S/C11H13FN2O.ClH/c12-10-4-2-1-3-9(10)11(15)14-6-5-8(13)7-14;/h1-4,8H,5-7,13H2;1H/t8-;/m0./s1. The maximum Gasteiger partial charge on any atom is 0.256 e. The Morgan fingerprint density at radius 2 is 2.12 bits per heavy atom. The molecule has 1 amide bonds. The summed E-state index contributed by atoms with van der Waals surface area (Å²) in [5.74, 6) is -0.732. The van der Waals surface area contributed by atoms with E-state index in [1.807, 2.05) is 0 Å². The van der Waals surface area contributed by atoms with Crippen molar-refractivity contribution in [3.8, 4) is 0 Å². The maximum absolute atomic E-state index is 13.3. The molecule has 0 unspecified atom stereocenters. The first-order chi connectivity index (χ1) is 7.18. The number of nitrogens with zero attached hydrogens (tertiary/aromatic N) is 1. The molecule has 3 nitrogen and oxygen atoms in total. The Morgan fingerprint density at radius 3 is 2.69 bits per heavy atom. The Hall–Kier alpha value is -1.13. The van der Waals surface area contributed by atoms with E-state index in [1.165, 1.54) is 12.1 Å². The van der Waals surface area contributed by atoms with E-state index in [2.05, 4.69) is 0 Å². The molecule has 1 aliphatic rings. The van der Waals surface area contributed by atoms with Crippen molar-refractivity contribution < 1.29 is 9.18 Å². The van der Waals surface area contributed by atoms with E-state index in [0.29, 0.717) is 13.1 Å². The predicted octanol–water partition coefficient (Wildman–Crippen LogP) is 1.42. The summed E-state index contributed by atoms with van der Waals surface area (Å²) in [5.41, 5.74) is 5.82. The number of carbonyl (C=O) groups excluding carboxylic acids is 1. The zero-order chi connectivity index (χ0) is 10.8. The molecule has 1 aromatic rings. The average Bonchev–Trinajstić information content (AvgIpc) is 2.65. The Morgan fingerprint density at radius 1 is 1.44 bits per heavy atom. The zero-order valence-corrected chi connectivity index (χ0v) is 9.54. The molecule has 1 fully saturated rings. The maximum atomic E-state index is 13.3. The molecule has 0 saturated carbocycles. The number of hydrogen-bond donors (Lipinski definition) is 1. The van der Waals surface area contributed by atoms with E-state index < -0.39 is 5.82 Å². The summed E-state index contributed by atoms with van der Waals surface area (Å²) in [6, 6.07) is 6.06. The highest BCUT2D eigenvalue weighted by Crippen LogP contribution is 2.14. The summed E-state index contributed by atoms with van der Waals surface area (Å²) in [7, 11) is 0. The lowest BCUT2D eigenvalue weighted by Crippen LogP contribution is -2.32. The van der Waals surface area contributed by atoms with E-state index in [0.717, 1.165) is 6.42 Å². The first kappa shape index (κ1) is 12.9. The Balaban J connectivity index is 0.00000128. The summed E-state index contributed by atoms with van der Waals surface area (Å²) >= 11 is 0. The van der Waals surface area contributed by atoms with Crippen molar-refractivity contribution in [2.75, 3.05) is 13.1 Å². The van der Waals surface area contributed by atoms with Gasteiger partial charge in [-0.25, -0.2) is 4.39 Å². The van der Waals surface area contributed by atoms with Crippen LogP contribution in [0.25, 0.3) is 0 Å². The minimum absolute atomic E-state index is 0. The molecule has 5 heteroatoms. The van der Waals surface area contributed by atoms with Crippen LogP contribution < -0.4 is 5.73 Å². The van der Waals surface area contributed by atoms with Crippen LogP contribution in [0.1, 0.15) is 16.8 Å². The van der Waals surface area contributed by atoms with Crippen molar-refractivity contribution in [3.05, 3.63) is 35.6 Å². The summed E-state index contributed by atoms with van der Waals surface area (Å²) in [6.45, 7) is 1.14. The zero-order valence-electron chi connectivity index (χ0n) is 8.73. The van der Waals surface area contributed by atoms with E-state index in [4.69, 9.17) is 5.73 Å². The molecule has 1 atom stereocenters. The van der Waals surface area contributed by atoms with Crippen molar-refractivity contribution in [3.63, 3.8) is 0 Å². The summed E-state index contributed by atoms with van der Waals surface area (Å²) in [4.78, 5) is 13.4. The lowest BCUT2D eigenvalue weighted by Gasteiger charge is -2.15. The van der Waals surface area contributed by atoms with Gasteiger partial charge < -0.3 is 10.6 Å². The average molecular weight is 245 g/mol. The van der Waals surface area contributed by atoms with Gasteiger partial charge in [0.2, 0.25) is 0 Å². The fourth-order valence-corrected chi connectivity index (χ4v) is 1.78. The van der Waals surface area contributed by atoms with E-state index in [1.54, 1.807) is 17.0 Å². The van der Waals surface area contributed by atoms with Gasteiger partial charge in [0.25, 0.3) is 5.91 Å². The van der Waals surface area contributed by atoms with Gasteiger partial charge in [-0.3, -0.25) is 4.79 Å². The van der Waals surface area contributed by atoms with Crippen molar-refractivity contribution in [2.24, 2.45) is 5.73 Å². The van der Waals surface area contributed by atoms with Crippen LogP contribution in [0.5, 0.6) is 0 Å². The number of rotatable bonds is 1. The van der Waals surface area contributed by atoms with Crippen molar-refractivity contribution in [1.82, 2.24) is 4.90 Å². The van der Waals surface area contributed by atoms with Crippen LogP contribution in [0.3, 0.4) is 0 Å². The molecule has 1 heterocycles. The molecule has 88 valence electrons. The molecular formula is C11H14ClFN2O. The van der Waals surface area contributed by atoms with Gasteiger partial charge in [0.05, 0.1) is 5.56 Å². The second-order valence-electron chi connectivity index (χ2n) is 3.78. The fraction of sp³-hybridized carbons (Fsp3) is 0.364. The smallest absolute Gasteiger partial charge is 0.256 e. The number of amides is 1. The molecule has 2 N–H and O–H groups in total. The number of nitrogens with two attached hydrogens (primary N) is 1. The number of carbonyl (C=O) groups is 1. The number of hydrogen-bond acceptors (Lipinski definition) is 2. The van der Waals surface area contributed by atoms with Crippen LogP contribution in [0, 0.1) is 5.82 Å². The first-order valence-corrected chi connectivity index (χ1v) is 4.98. The van der Waals surface area contributed by atoms with Gasteiger partial charge in [-0.05, 0) is 18.6 Å². The molecular weight excluding hydrogens is 231 g/mol. The third-order valence-electron chi connectivity index (χ3n) is 2.62. The Kier molecular flexibility index (Phi) is 4.26. The van der Waals surface area contributed by atoms with Gasteiger partial charge in [0.15, 0.2) is 0 Å². The normalized spacial score (nSPS) is 19.4. The minimum atomic E-state index is -0.469. The monoisotopic (exact) mass is 244 g/mol. The molecule has 0 aromatic heterocycles. The van der Waals surface area contributed by atoms with Crippen molar-refractivity contribution >= 4 is 18.3 Å². The summed E-state index contributed by atoms with van der Waals surface area (Å²) in [5, 5.41) is 0. The van der Waals surface area contributed by atoms with Crippen LogP contribution in [-0.4, -0.2) is 29.9 Å². The Bertz CT molecular complexity index is 386. The van der Waals surface area contributed by atoms with Gasteiger partial charge in [-0.2, -0.15) is 0 Å². The highest BCUT2D eigenvalue weighted by Gasteiger charge is 2.25. The van der Waals surface area contributed by atoms with E-state index in [9.17, 15) is 9.18 Å². The molecule has 1 aromatic carbocycles. The number of halogens is 2. The van der Waals surface area contributed by atoms with Crippen molar-refractivity contribution in [1.29, 1.82) is 0 Å². The van der Waals surface area contributed by atoms with Gasteiger partial charge >= 0.3 is 0 Å². The second kappa shape index (κ2) is 5.27. The van der Waals surface area contributed by atoms with Gasteiger partial charge in [-0.15, -0.1) is 12.4 Å². The fourth-order valence-electron chi connectivity index (χ4n) is 1.78. The number of benzene rings is 1. The molecule has 0 aliphatic carbocycles. The van der Waals surface area contributed by atoms with E-state index in [-0.39, 0.29) is 29.9 Å². The van der Waals surface area contributed by atoms with Crippen LogP contribution in [0.4, 0.5) is 4.39 Å². The van der Waals surface area contributed by atoms with Gasteiger partial charge in [0.1, 0.15) is 5.82 Å². The van der Waals surface area contributed by atoms with Crippen LogP contribution >= 0.6 is 12.4 Å². The van der Waals surface area contributed by atoms with Crippen LogP contribution in [-0.2, 0) is 0 Å². The SMILES string of the molecule is Cl.N[C@H]1CCN(C(=O)c2ccccc2F)C1. The van der Waals surface area contributed by atoms with Crippen molar-refractivity contribution in [2.45, 2.75) is 12.5 Å². The summed E-state index contributed by atoms with van der Waals surface area (Å²) in [6.07, 6.45) is 0.792. The largest absolute Gasteiger partial charge is 0.337 e. The van der Waals surface area contributed by atoms with E-state index >= 15 is 0 Å². The first-order valence-electron chi connectivity index (χ1n) is 4.98. The highest BCUT2D eigenvalue weighted by atomic mass is 35.5. The lowest BCUT2D eigenvalue weighted by molar-refractivity contribution is 0.0786. The molecule has 0 spiro atoms. The molecule has 1 aliphatic heterocycles. The molecule has 0 bridgehead atoms. The second-order valence-corrected chi connectivity index (χ2v) is 3.78. The predicted molar refractivity (Wildman–Crippen MR) is 62.1 cm³/mol. The van der Waals surface area contributed by atoms with Gasteiger partial charge in [0, 0.05) is 19.1 Å². The van der Waals surface area contributed by atoms with Crippen LogP contribution in [0.15, 0.2) is 24.3 Å².